The molecule has 1 aromatic rings. The average molecular weight is 405 g/mol. The molecule has 1 heterocycles. The van der Waals surface area contributed by atoms with Crippen LogP contribution in [-0.2, 0) is 10.0 Å². The maximum Gasteiger partial charge on any atom is 0.295 e. The van der Waals surface area contributed by atoms with E-state index in [1.807, 2.05) is 13.8 Å². The Morgan fingerprint density at radius 1 is 1.53 bits per heavy atom. The van der Waals surface area contributed by atoms with Crippen molar-refractivity contribution in [3.63, 3.8) is 0 Å². The van der Waals surface area contributed by atoms with Gasteiger partial charge in [0.15, 0.2) is 0 Å². The number of hydrogen-bond acceptors (Lipinski definition) is 3. The molecule has 0 bridgehead atoms. The van der Waals surface area contributed by atoms with E-state index in [-0.39, 0.29) is 16.2 Å². The summed E-state index contributed by atoms with van der Waals surface area (Å²) in [5.41, 5.74) is 5.59. The lowest BCUT2D eigenvalue weighted by Crippen LogP contribution is -2.34. The Balaban J connectivity index is 3.05. The molecular weight excluding hydrogens is 394 g/mol. The molecule has 0 saturated carbocycles. The number of thiophene rings is 1. The van der Waals surface area contributed by atoms with Crippen molar-refractivity contribution in [2.45, 2.75) is 24.1 Å². The summed E-state index contributed by atoms with van der Waals surface area (Å²) in [6.07, 6.45) is 0. The molecule has 0 saturated heterocycles. The third-order valence-corrected chi connectivity index (χ3v) is 6.24. The zero-order chi connectivity index (χ0) is 13.2. The average Bonchev–Trinajstić information content (AvgIpc) is 2.63. The largest absolute Gasteiger partial charge is 0.368 e. The van der Waals surface area contributed by atoms with Crippen LogP contribution in [0.4, 0.5) is 0 Å². The van der Waals surface area contributed by atoms with Crippen molar-refractivity contribution in [1.29, 1.82) is 0 Å². The zero-order valence-corrected chi connectivity index (χ0v) is 13.9. The Morgan fingerprint density at radius 3 is 2.53 bits per heavy atom. The van der Waals surface area contributed by atoms with Gasteiger partial charge in [0.05, 0.1) is 19.9 Å². The van der Waals surface area contributed by atoms with Crippen LogP contribution in [-0.4, -0.2) is 24.3 Å². The highest BCUT2D eigenvalue weighted by atomic mass is 79.9. The Hall–Kier alpha value is -0.120. The molecule has 1 rings (SSSR count). The van der Waals surface area contributed by atoms with Crippen LogP contribution in [0.1, 0.15) is 13.8 Å². The first-order valence-corrected chi connectivity index (χ1v) is 8.30. The number of sulfonamides is 1. The first-order valence-electron chi connectivity index (χ1n) is 4.55. The first-order chi connectivity index (χ1) is 7.74. The molecule has 0 amide bonds. The molecule has 96 valence electrons. The molecule has 0 radical (unpaired) electrons. The monoisotopic (exact) mass is 403 g/mol. The second kappa shape index (κ2) is 5.68. The molecular formula is C8H11Br2N3O2S2. The second-order valence-corrected chi connectivity index (χ2v) is 8.45. The number of nitrogens with zero attached hydrogens (tertiary/aromatic N) is 2. The number of halogens is 2. The van der Waals surface area contributed by atoms with E-state index in [0.717, 1.165) is 15.1 Å². The van der Waals surface area contributed by atoms with E-state index < -0.39 is 10.0 Å². The predicted molar refractivity (Wildman–Crippen MR) is 76.7 cm³/mol. The third-order valence-electron chi connectivity index (χ3n) is 1.69. The topological polar surface area (TPSA) is 75.8 Å². The number of hydrogen-bond donors (Lipinski definition) is 1. The summed E-state index contributed by atoms with van der Waals surface area (Å²) < 4.78 is 29.6. The van der Waals surface area contributed by atoms with Crippen molar-refractivity contribution in [3.05, 3.63) is 15.9 Å². The van der Waals surface area contributed by atoms with Crippen LogP contribution in [0.25, 0.3) is 0 Å². The van der Waals surface area contributed by atoms with E-state index in [1.54, 1.807) is 6.07 Å². The molecule has 0 spiro atoms. The van der Waals surface area contributed by atoms with Crippen LogP contribution in [0.2, 0.25) is 0 Å². The van der Waals surface area contributed by atoms with Gasteiger partial charge in [-0.1, -0.05) is 0 Å². The molecule has 0 aromatic carbocycles. The second-order valence-electron chi connectivity index (χ2n) is 3.39. The molecule has 2 N–H and O–H groups in total. The van der Waals surface area contributed by atoms with Gasteiger partial charge >= 0.3 is 0 Å². The van der Waals surface area contributed by atoms with E-state index in [4.69, 9.17) is 5.73 Å². The van der Waals surface area contributed by atoms with Crippen LogP contribution in [0.15, 0.2) is 24.5 Å². The van der Waals surface area contributed by atoms with Gasteiger partial charge in [-0.05, 0) is 41.9 Å². The fraction of sp³-hybridized carbons (Fsp3) is 0.375. The van der Waals surface area contributed by atoms with E-state index in [9.17, 15) is 8.42 Å². The normalized spacial score (nSPS) is 13.1. The summed E-state index contributed by atoms with van der Waals surface area (Å²) in [6, 6.07) is 3.14. The van der Waals surface area contributed by atoms with Crippen LogP contribution < -0.4 is 5.73 Å². The lowest BCUT2D eigenvalue weighted by molar-refractivity contribution is 0.560. The van der Waals surface area contributed by atoms with Gasteiger partial charge in [0.1, 0.15) is 4.21 Å². The van der Waals surface area contributed by atoms with E-state index in [1.165, 1.54) is 9.99 Å². The van der Waals surface area contributed by atoms with Crippen molar-refractivity contribution in [2.24, 2.45) is 10.1 Å². The lowest BCUT2D eigenvalue weighted by Gasteiger charge is -2.18. The van der Waals surface area contributed by atoms with Crippen molar-refractivity contribution in [3.8, 4) is 0 Å². The highest BCUT2D eigenvalue weighted by Gasteiger charge is 2.18. The highest BCUT2D eigenvalue weighted by Crippen LogP contribution is 2.27. The quantitative estimate of drug-likeness (QED) is 0.477. The molecule has 0 fully saturated rings. The molecule has 9 heteroatoms. The van der Waals surface area contributed by atoms with E-state index >= 15 is 0 Å². The van der Waals surface area contributed by atoms with Gasteiger partial charge in [0, 0.05) is 6.04 Å². The minimum atomic E-state index is -3.74. The predicted octanol–water partition coefficient (Wildman–Crippen LogP) is 2.53. The molecule has 0 aliphatic carbocycles. The minimum absolute atomic E-state index is 0.00372. The van der Waals surface area contributed by atoms with Gasteiger partial charge in [-0.3, -0.25) is 3.93 Å². The van der Waals surface area contributed by atoms with Gasteiger partial charge in [-0.15, -0.1) is 15.7 Å². The summed E-state index contributed by atoms with van der Waals surface area (Å²) >= 11 is 7.43. The SMILES string of the molecule is CC(C)N(Br)/C(N)=N\S(=O)(=O)c1ccc(Br)s1. The molecule has 1 aromatic heterocycles. The molecule has 0 atom stereocenters. The maximum atomic E-state index is 11.9. The van der Waals surface area contributed by atoms with Crippen molar-refractivity contribution in [2.75, 3.05) is 0 Å². The fourth-order valence-corrected chi connectivity index (χ4v) is 4.00. The molecule has 5 nitrogen and oxygen atoms in total. The Labute approximate surface area is 121 Å². The summed E-state index contributed by atoms with van der Waals surface area (Å²) in [7, 11) is -3.74. The number of guanidine groups is 1. The van der Waals surface area contributed by atoms with Gasteiger partial charge in [0.25, 0.3) is 10.0 Å². The van der Waals surface area contributed by atoms with Gasteiger partial charge in [0.2, 0.25) is 5.96 Å². The van der Waals surface area contributed by atoms with Crippen molar-refractivity contribution >= 4 is 59.4 Å². The third kappa shape index (κ3) is 3.94. The van der Waals surface area contributed by atoms with Crippen LogP contribution >= 0.6 is 43.4 Å². The van der Waals surface area contributed by atoms with Crippen LogP contribution in [0.3, 0.4) is 0 Å². The van der Waals surface area contributed by atoms with Crippen molar-refractivity contribution in [1.82, 2.24) is 3.93 Å². The summed E-state index contributed by atoms with van der Waals surface area (Å²) in [4.78, 5) is 0. The Morgan fingerprint density at radius 2 is 2.12 bits per heavy atom. The lowest BCUT2D eigenvalue weighted by atomic mass is 10.4. The summed E-state index contributed by atoms with van der Waals surface area (Å²) in [5.74, 6) is -0.0930. The molecule has 0 aliphatic rings. The Kier molecular flexibility index (Phi) is 4.99. The van der Waals surface area contributed by atoms with Gasteiger partial charge in [-0.25, -0.2) is 0 Å². The summed E-state index contributed by atoms with van der Waals surface area (Å²) in [5, 5.41) is 0. The minimum Gasteiger partial charge on any atom is -0.368 e. The molecule has 17 heavy (non-hydrogen) atoms. The first kappa shape index (κ1) is 14.9. The van der Waals surface area contributed by atoms with Gasteiger partial charge < -0.3 is 5.73 Å². The van der Waals surface area contributed by atoms with Gasteiger partial charge in [-0.2, -0.15) is 8.42 Å². The van der Waals surface area contributed by atoms with E-state index in [0.29, 0.717) is 0 Å². The highest BCUT2D eigenvalue weighted by molar-refractivity contribution is 9.11. The zero-order valence-electron chi connectivity index (χ0n) is 9.09. The number of nitrogens with two attached hydrogens (primary N) is 1. The summed E-state index contributed by atoms with van der Waals surface area (Å²) in [6.45, 7) is 3.71. The molecule has 0 unspecified atom stereocenters. The fourth-order valence-electron chi connectivity index (χ4n) is 0.908. The van der Waals surface area contributed by atoms with E-state index in [2.05, 4.69) is 36.5 Å². The Bertz CT molecular complexity index is 525. The standard InChI is InChI=1S/C8H11Br2N3O2S2/c1-5(2)13(10)8(11)12-17(14,15)7-4-3-6(9)16-7/h3-5H,1-2H3,(H2,11,12). The van der Waals surface area contributed by atoms with Crippen molar-refractivity contribution < 1.29 is 8.42 Å². The number of rotatable bonds is 3. The molecule has 0 aliphatic heterocycles. The maximum absolute atomic E-state index is 11.9. The van der Waals surface area contributed by atoms with Crippen LogP contribution in [0, 0.1) is 0 Å². The smallest absolute Gasteiger partial charge is 0.295 e. The van der Waals surface area contributed by atoms with Crippen LogP contribution in [0.5, 0.6) is 0 Å².